The van der Waals surface area contributed by atoms with Crippen molar-refractivity contribution in [3.8, 4) is 0 Å². The van der Waals surface area contributed by atoms with Crippen LogP contribution in [0.5, 0.6) is 0 Å². The number of rotatable bonds is 6. The Morgan fingerprint density at radius 1 is 1.27 bits per heavy atom. The van der Waals surface area contributed by atoms with Crippen molar-refractivity contribution >= 4 is 12.0 Å². The zero-order valence-corrected chi connectivity index (χ0v) is 18.8. The van der Waals surface area contributed by atoms with Gasteiger partial charge in [0.25, 0.3) is 5.91 Å². The maximum atomic E-state index is 11.1. The molecule has 30 heavy (non-hydrogen) atoms. The molecule has 6 nitrogen and oxygen atoms in total. The summed E-state index contributed by atoms with van der Waals surface area (Å²) in [7, 11) is 0. The van der Waals surface area contributed by atoms with Crippen LogP contribution in [-0.2, 0) is 16.8 Å². The largest absolute Gasteiger partial charge is 0.296 e. The van der Waals surface area contributed by atoms with Gasteiger partial charge in [-0.1, -0.05) is 24.3 Å². The van der Waals surface area contributed by atoms with Crippen molar-refractivity contribution in [1.82, 2.24) is 20.2 Å². The molecule has 162 valence electrons. The smallest absolute Gasteiger partial charge is 0.267 e. The number of hydrogen-bond acceptors (Lipinski definition) is 4. The summed E-state index contributed by atoms with van der Waals surface area (Å²) >= 11 is 0. The molecule has 1 amide bonds. The van der Waals surface area contributed by atoms with Crippen LogP contribution >= 0.6 is 0 Å². The number of amides is 1. The summed E-state index contributed by atoms with van der Waals surface area (Å²) in [6, 6.07) is 8.77. The molecule has 1 aromatic heterocycles. The number of aryl methyl sites for hydroxylation is 1. The fourth-order valence-corrected chi connectivity index (χ4v) is 4.46. The van der Waals surface area contributed by atoms with E-state index in [0.29, 0.717) is 6.04 Å². The van der Waals surface area contributed by atoms with Crippen LogP contribution in [0.2, 0.25) is 0 Å². The predicted molar refractivity (Wildman–Crippen MR) is 119 cm³/mol. The molecule has 0 spiro atoms. The summed E-state index contributed by atoms with van der Waals surface area (Å²) < 4.78 is 2.16. The molecule has 6 heteroatoms. The second kappa shape index (κ2) is 9.14. The number of nitrogens with zero attached hydrogens (tertiary/aromatic N) is 3. The standard InChI is InChI=1S/C24H34N4O2/c1-17-21(18(2)28(25-17)24(3,4)5)14-16-27-15-6-7-22(27)20-11-8-19(9-12-20)10-13-23(29)26-30/h8-13,22,30H,6-7,14-16H2,1-5H3,(H,26,29)/t22-/m0/s1. The van der Waals surface area contributed by atoms with Gasteiger partial charge in [0.1, 0.15) is 0 Å². The minimum Gasteiger partial charge on any atom is -0.296 e. The highest BCUT2D eigenvalue weighted by molar-refractivity contribution is 5.90. The highest BCUT2D eigenvalue weighted by atomic mass is 16.5. The Labute approximate surface area is 179 Å². The minimum atomic E-state index is -0.526. The van der Waals surface area contributed by atoms with Crippen molar-refractivity contribution in [2.45, 2.75) is 65.5 Å². The van der Waals surface area contributed by atoms with Crippen molar-refractivity contribution in [2.75, 3.05) is 13.1 Å². The maximum Gasteiger partial charge on any atom is 0.267 e. The number of hydroxylamine groups is 1. The van der Waals surface area contributed by atoms with Crippen molar-refractivity contribution < 1.29 is 10.0 Å². The van der Waals surface area contributed by atoms with E-state index in [4.69, 9.17) is 10.3 Å². The average molecular weight is 411 g/mol. The van der Waals surface area contributed by atoms with Crippen LogP contribution < -0.4 is 5.48 Å². The quantitative estimate of drug-likeness (QED) is 0.426. The molecule has 0 unspecified atom stereocenters. The summed E-state index contributed by atoms with van der Waals surface area (Å²) in [6.07, 6.45) is 6.41. The van der Waals surface area contributed by atoms with E-state index in [1.807, 2.05) is 12.1 Å². The first-order chi connectivity index (χ1) is 14.2. The van der Waals surface area contributed by atoms with Crippen LogP contribution in [-0.4, -0.2) is 38.9 Å². The first-order valence-electron chi connectivity index (χ1n) is 10.7. The Bertz CT molecular complexity index is 907. The van der Waals surface area contributed by atoms with Gasteiger partial charge in [-0.05, 0) is 83.2 Å². The van der Waals surface area contributed by atoms with Gasteiger partial charge in [-0.3, -0.25) is 19.6 Å². The van der Waals surface area contributed by atoms with E-state index in [9.17, 15) is 4.79 Å². The van der Waals surface area contributed by atoms with Gasteiger partial charge in [0, 0.05) is 24.4 Å². The van der Waals surface area contributed by atoms with E-state index in [0.717, 1.165) is 30.8 Å². The van der Waals surface area contributed by atoms with Crippen LogP contribution in [0.1, 0.15) is 67.7 Å². The van der Waals surface area contributed by atoms with Gasteiger partial charge < -0.3 is 0 Å². The van der Waals surface area contributed by atoms with Crippen LogP contribution in [0, 0.1) is 13.8 Å². The SMILES string of the molecule is Cc1nn(C(C)(C)C)c(C)c1CCN1CCC[C@H]1c1ccc(C=CC(=O)NO)cc1. The first-order valence-corrected chi connectivity index (χ1v) is 10.7. The third-order valence-corrected chi connectivity index (χ3v) is 5.95. The zero-order valence-electron chi connectivity index (χ0n) is 18.8. The lowest BCUT2D eigenvalue weighted by Gasteiger charge is -2.25. The van der Waals surface area contributed by atoms with Crippen LogP contribution in [0.3, 0.4) is 0 Å². The third-order valence-electron chi connectivity index (χ3n) is 5.95. The fraction of sp³-hybridized carbons (Fsp3) is 0.500. The summed E-state index contributed by atoms with van der Waals surface area (Å²) in [5.74, 6) is -0.526. The van der Waals surface area contributed by atoms with Crippen molar-refractivity contribution in [1.29, 1.82) is 0 Å². The molecule has 1 fully saturated rings. The molecule has 2 aromatic rings. The number of nitrogens with one attached hydrogen (secondary N) is 1. The summed E-state index contributed by atoms with van der Waals surface area (Å²) in [5.41, 5.74) is 7.64. The number of carbonyl (C=O) groups excluding carboxylic acids is 1. The predicted octanol–water partition coefficient (Wildman–Crippen LogP) is 4.15. The second-order valence-corrected chi connectivity index (χ2v) is 9.15. The number of hydrogen-bond donors (Lipinski definition) is 2. The van der Waals surface area contributed by atoms with E-state index < -0.39 is 5.91 Å². The molecular formula is C24H34N4O2. The maximum absolute atomic E-state index is 11.1. The molecular weight excluding hydrogens is 376 g/mol. The van der Waals surface area contributed by atoms with E-state index in [1.165, 1.54) is 35.7 Å². The van der Waals surface area contributed by atoms with Crippen molar-refractivity contribution in [3.63, 3.8) is 0 Å². The van der Waals surface area contributed by atoms with Gasteiger partial charge in [0.05, 0.1) is 11.2 Å². The minimum absolute atomic E-state index is 0.00266. The lowest BCUT2D eigenvalue weighted by atomic mass is 10.0. The number of benzene rings is 1. The Balaban J connectivity index is 1.68. The Hall–Kier alpha value is -2.44. The molecule has 0 bridgehead atoms. The molecule has 2 N–H and O–H groups in total. The Kier molecular flexibility index (Phi) is 6.78. The third kappa shape index (κ3) is 4.99. The van der Waals surface area contributed by atoms with Gasteiger partial charge in [0.15, 0.2) is 0 Å². The van der Waals surface area contributed by atoms with Crippen LogP contribution in [0.4, 0.5) is 0 Å². The highest BCUT2D eigenvalue weighted by Gasteiger charge is 2.27. The molecule has 2 heterocycles. The Morgan fingerprint density at radius 3 is 2.57 bits per heavy atom. The molecule has 1 aliphatic heterocycles. The first kappa shape index (κ1) is 22.2. The Morgan fingerprint density at radius 2 is 1.97 bits per heavy atom. The van der Waals surface area contributed by atoms with Gasteiger partial charge in [-0.25, -0.2) is 5.48 Å². The molecule has 1 aromatic carbocycles. The van der Waals surface area contributed by atoms with Gasteiger partial charge in [0.2, 0.25) is 0 Å². The highest BCUT2D eigenvalue weighted by Crippen LogP contribution is 2.32. The number of likely N-dealkylation sites (tertiary alicyclic amines) is 1. The van der Waals surface area contributed by atoms with Gasteiger partial charge >= 0.3 is 0 Å². The molecule has 1 saturated heterocycles. The topological polar surface area (TPSA) is 70.4 Å². The number of carbonyl (C=O) groups is 1. The van der Waals surface area contributed by atoms with E-state index >= 15 is 0 Å². The monoisotopic (exact) mass is 410 g/mol. The van der Waals surface area contributed by atoms with Crippen molar-refractivity contribution in [3.05, 3.63) is 58.4 Å². The molecule has 1 aliphatic rings. The lowest BCUT2D eigenvalue weighted by molar-refractivity contribution is -0.124. The average Bonchev–Trinajstić information content (AvgIpc) is 3.29. The van der Waals surface area contributed by atoms with Crippen molar-refractivity contribution in [2.24, 2.45) is 0 Å². The molecule has 1 atom stereocenters. The molecule has 0 aliphatic carbocycles. The molecule has 0 saturated carbocycles. The lowest BCUT2D eigenvalue weighted by Crippen LogP contribution is -2.26. The summed E-state index contributed by atoms with van der Waals surface area (Å²) in [5, 5.41) is 13.4. The number of aromatic nitrogens is 2. The van der Waals surface area contributed by atoms with Gasteiger partial charge in [-0.2, -0.15) is 5.10 Å². The summed E-state index contributed by atoms with van der Waals surface area (Å²) in [6.45, 7) is 13.0. The molecule has 3 rings (SSSR count). The van der Waals surface area contributed by atoms with Crippen LogP contribution in [0.15, 0.2) is 30.3 Å². The summed E-state index contributed by atoms with van der Waals surface area (Å²) in [4.78, 5) is 13.7. The second-order valence-electron chi connectivity index (χ2n) is 9.15. The van der Waals surface area contributed by atoms with Gasteiger partial charge in [-0.15, -0.1) is 0 Å². The fourth-order valence-electron chi connectivity index (χ4n) is 4.46. The van der Waals surface area contributed by atoms with E-state index in [-0.39, 0.29) is 5.54 Å². The zero-order chi connectivity index (χ0) is 21.9. The van der Waals surface area contributed by atoms with E-state index in [2.05, 4.69) is 56.3 Å². The normalized spacial score (nSPS) is 17.7. The van der Waals surface area contributed by atoms with E-state index in [1.54, 1.807) is 11.6 Å². The molecule has 0 radical (unpaired) electrons. The van der Waals surface area contributed by atoms with Crippen LogP contribution in [0.25, 0.3) is 6.08 Å².